The zero-order valence-corrected chi connectivity index (χ0v) is 10.9. The van der Waals surface area contributed by atoms with Crippen molar-refractivity contribution in [1.82, 2.24) is 10.3 Å². The highest BCUT2D eigenvalue weighted by atomic mass is 16.1. The van der Waals surface area contributed by atoms with Crippen LogP contribution in [0.5, 0.6) is 0 Å². The fourth-order valence-corrected chi connectivity index (χ4v) is 2.26. The van der Waals surface area contributed by atoms with Crippen LogP contribution in [-0.4, -0.2) is 17.4 Å². The highest BCUT2D eigenvalue weighted by Crippen LogP contribution is 2.48. The van der Waals surface area contributed by atoms with Crippen molar-refractivity contribution in [3.8, 4) is 0 Å². The van der Waals surface area contributed by atoms with E-state index in [4.69, 9.17) is 5.73 Å². The van der Waals surface area contributed by atoms with Crippen molar-refractivity contribution in [1.29, 1.82) is 0 Å². The Morgan fingerprint density at radius 3 is 2.78 bits per heavy atom. The summed E-state index contributed by atoms with van der Waals surface area (Å²) in [6.07, 6.45) is 6.52. The molecule has 0 unspecified atom stereocenters. The molecule has 1 fully saturated rings. The van der Waals surface area contributed by atoms with Gasteiger partial charge >= 0.3 is 0 Å². The van der Waals surface area contributed by atoms with Gasteiger partial charge in [-0.1, -0.05) is 19.4 Å². The summed E-state index contributed by atoms with van der Waals surface area (Å²) in [5.74, 6) is -0.0825. The Kier molecular flexibility index (Phi) is 3.97. The molecule has 1 saturated carbocycles. The van der Waals surface area contributed by atoms with Crippen molar-refractivity contribution >= 4 is 5.91 Å². The summed E-state index contributed by atoms with van der Waals surface area (Å²) in [4.78, 5) is 16.0. The van der Waals surface area contributed by atoms with Gasteiger partial charge in [0.15, 0.2) is 0 Å². The van der Waals surface area contributed by atoms with Crippen molar-refractivity contribution in [3.05, 3.63) is 29.6 Å². The SMILES string of the molecule is CCCC1(CNC(=O)c2ccc(CN)cn2)CC1. The van der Waals surface area contributed by atoms with Crippen LogP contribution in [0.4, 0.5) is 0 Å². The van der Waals surface area contributed by atoms with Crippen LogP contribution < -0.4 is 11.1 Å². The number of amides is 1. The number of rotatable bonds is 6. The number of nitrogens with two attached hydrogens (primary N) is 1. The van der Waals surface area contributed by atoms with Gasteiger partial charge in [-0.3, -0.25) is 9.78 Å². The van der Waals surface area contributed by atoms with Crippen LogP contribution in [0.2, 0.25) is 0 Å². The largest absolute Gasteiger partial charge is 0.350 e. The first kappa shape index (κ1) is 13.0. The van der Waals surface area contributed by atoms with E-state index in [2.05, 4.69) is 17.2 Å². The molecule has 4 heteroatoms. The zero-order chi connectivity index (χ0) is 13.0. The lowest BCUT2D eigenvalue weighted by Crippen LogP contribution is -2.30. The molecular formula is C14H21N3O. The molecule has 18 heavy (non-hydrogen) atoms. The predicted molar refractivity (Wildman–Crippen MR) is 71.0 cm³/mol. The highest BCUT2D eigenvalue weighted by molar-refractivity contribution is 5.92. The molecule has 0 saturated heterocycles. The van der Waals surface area contributed by atoms with Gasteiger partial charge in [0.2, 0.25) is 0 Å². The molecule has 2 rings (SSSR count). The molecule has 1 aromatic rings. The Hall–Kier alpha value is -1.42. The number of aromatic nitrogens is 1. The molecule has 0 bridgehead atoms. The number of pyridine rings is 1. The number of carbonyl (C=O) groups excluding carboxylic acids is 1. The number of hydrogen-bond donors (Lipinski definition) is 2. The summed E-state index contributed by atoms with van der Waals surface area (Å²) >= 11 is 0. The van der Waals surface area contributed by atoms with Crippen LogP contribution in [0.25, 0.3) is 0 Å². The van der Waals surface area contributed by atoms with Crippen LogP contribution in [0.15, 0.2) is 18.3 Å². The lowest BCUT2D eigenvalue weighted by molar-refractivity contribution is 0.0938. The van der Waals surface area contributed by atoms with Crippen LogP contribution >= 0.6 is 0 Å². The molecule has 0 aromatic carbocycles. The molecule has 1 aliphatic carbocycles. The van der Waals surface area contributed by atoms with Crippen molar-refractivity contribution in [3.63, 3.8) is 0 Å². The molecule has 1 aliphatic rings. The van der Waals surface area contributed by atoms with Gasteiger partial charge in [-0.25, -0.2) is 0 Å². The second-order valence-corrected chi connectivity index (χ2v) is 5.19. The lowest BCUT2D eigenvalue weighted by Gasteiger charge is -2.14. The van der Waals surface area contributed by atoms with Gasteiger partial charge < -0.3 is 11.1 Å². The minimum absolute atomic E-state index is 0.0825. The van der Waals surface area contributed by atoms with Gasteiger partial charge in [-0.15, -0.1) is 0 Å². The van der Waals surface area contributed by atoms with Crippen LogP contribution in [-0.2, 0) is 6.54 Å². The fourth-order valence-electron chi connectivity index (χ4n) is 2.26. The lowest BCUT2D eigenvalue weighted by atomic mass is 10.0. The van der Waals surface area contributed by atoms with Gasteiger partial charge in [0.25, 0.3) is 5.91 Å². The summed E-state index contributed by atoms with van der Waals surface area (Å²) in [5, 5.41) is 2.99. The topological polar surface area (TPSA) is 68.0 Å². The molecule has 4 nitrogen and oxygen atoms in total. The van der Waals surface area contributed by atoms with Gasteiger partial charge in [0, 0.05) is 19.3 Å². The summed E-state index contributed by atoms with van der Waals surface area (Å²) in [6.45, 7) is 3.42. The van der Waals surface area contributed by atoms with E-state index >= 15 is 0 Å². The Morgan fingerprint density at radius 2 is 2.28 bits per heavy atom. The average molecular weight is 247 g/mol. The monoisotopic (exact) mass is 247 g/mol. The van der Waals surface area contributed by atoms with Gasteiger partial charge in [0.1, 0.15) is 5.69 Å². The van der Waals surface area contributed by atoms with Crippen LogP contribution in [0, 0.1) is 5.41 Å². The quantitative estimate of drug-likeness (QED) is 0.806. The molecule has 1 aromatic heterocycles. The van der Waals surface area contributed by atoms with Gasteiger partial charge in [0.05, 0.1) is 0 Å². The molecule has 0 aliphatic heterocycles. The van der Waals surface area contributed by atoms with Crippen molar-refractivity contribution in [2.45, 2.75) is 39.2 Å². The number of nitrogens with zero attached hydrogens (tertiary/aromatic N) is 1. The van der Waals surface area contributed by atoms with Crippen molar-refractivity contribution in [2.75, 3.05) is 6.54 Å². The third-order valence-electron chi connectivity index (χ3n) is 3.65. The first-order valence-electron chi connectivity index (χ1n) is 6.62. The highest BCUT2D eigenvalue weighted by Gasteiger charge is 2.41. The van der Waals surface area contributed by atoms with E-state index in [1.807, 2.05) is 6.07 Å². The molecule has 3 N–H and O–H groups in total. The Morgan fingerprint density at radius 1 is 1.50 bits per heavy atom. The van der Waals surface area contributed by atoms with Crippen molar-refractivity contribution in [2.24, 2.45) is 11.1 Å². The number of hydrogen-bond acceptors (Lipinski definition) is 3. The van der Waals surface area contributed by atoms with Crippen molar-refractivity contribution < 1.29 is 4.79 Å². The maximum atomic E-state index is 11.9. The normalized spacial score (nSPS) is 16.3. The Bertz CT molecular complexity index is 410. The van der Waals surface area contributed by atoms with E-state index in [0.29, 0.717) is 17.7 Å². The van der Waals surface area contributed by atoms with Crippen LogP contribution in [0.1, 0.15) is 48.7 Å². The smallest absolute Gasteiger partial charge is 0.269 e. The summed E-state index contributed by atoms with van der Waals surface area (Å²) in [5.41, 5.74) is 7.28. The van der Waals surface area contributed by atoms with E-state index in [1.54, 1.807) is 12.3 Å². The second-order valence-electron chi connectivity index (χ2n) is 5.19. The molecule has 1 heterocycles. The first-order chi connectivity index (χ1) is 8.69. The maximum Gasteiger partial charge on any atom is 0.269 e. The Labute approximate surface area is 108 Å². The summed E-state index contributed by atoms with van der Waals surface area (Å²) in [7, 11) is 0. The minimum Gasteiger partial charge on any atom is -0.350 e. The maximum absolute atomic E-state index is 11.9. The molecular weight excluding hydrogens is 226 g/mol. The standard InChI is InChI=1S/C14H21N3O/c1-2-5-14(6-7-14)10-17-13(18)12-4-3-11(8-15)9-16-12/h3-4,9H,2,5-8,10,15H2,1H3,(H,17,18). The van der Waals surface area contributed by atoms with E-state index in [9.17, 15) is 4.79 Å². The summed E-state index contributed by atoms with van der Waals surface area (Å²) in [6, 6.07) is 3.58. The fraction of sp³-hybridized carbons (Fsp3) is 0.571. The molecule has 0 radical (unpaired) electrons. The molecule has 1 amide bonds. The zero-order valence-electron chi connectivity index (χ0n) is 10.9. The predicted octanol–water partition coefficient (Wildman–Crippen LogP) is 1.85. The van der Waals surface area contributed by atoms with Crippen LogP contribution in [0.3, 0.4) is 0 Å². The number of carbonyl (C=O) groups is 1. The van der Waals surface area contributed by atoms with Gasteiger partial charge in [-0.2, -0.15) is 0 Å². The van der Waals surface area contributed by atoms with Gasteiger partial charge in [-0.05, 0) is 36.3 Å². The third-order valence-corrected chi connectivity index (χ3v) is 3.65. The summed E-state index contributed by atoms with van der Waals surface area (Å²) < 4.78 is 0. The molecule has 98 valence electrons. The van der Waals surface area contributed by atoms with E-state index in [-0.39, 0.29) is 5.91 Å². The number of nitrogens with one attached hydrogen (secondary N) is 1. The Balaban J connectivity index is 1.87. The van der Waals surface area contributed by atoms with E-state index < -0.39 is 0 Å². The molecule has 0 atom stereocenters. The molecule has 0 spiro atoms. The third kappa shape index (κ3) is 3.07. The second kappa shape index (κ2) is 5.48. The minimum atomic E-state index is -0.0825. The first-order valence-corrected chi connectivity index (χ1v) is 6.62. The van der Waals surface area contributed by atoms with E-state index in [1.165, 1.54) is 25.7 Å². The van der Waals surface area contributed by atoms with E-state index in [0.717, 1.165) is 12.1 Å². The average Bonchev–Trinajstić information content (AvgIpc) is 3.17.